The van der Waals surface area contributed by atoms with Crippen LogP contribution >= 0.6 is 0 Å². The molecule has 0 fully saturated rings. The third-order valence-corrected chi connectivity index (χ3v) is 2.47. The summed E-state index contributed by atoms with van der Waals surface area (Å²) in [5.74, 6) is -0.227. The van der Waals surface area contributed by atoms with Gasteiger partial charge in [-0.05, 0) is 13.0 Å². The number of aromatic nitrogens is 3. The van der Waals surface area contributed by atoms with Crippen molar-refractivity contribution in [2.24, 2.45) is 0 Å². The molecule has 0 bridgehead atoms. The van der Waals surface area contributed by atoms with E-state index in [-0.39, 0.29) is 17.2 Å². The first-order chi connectivity index (χ1) is 10.1. The van der Waals surface area contributed by atoms with Gasteiger partial charge in [0.15, 0.2) is 0 Å². The lowest BCUT2D eigenvalue weighted by Gasteiger charge is -2.06. The fraction of sp³-hybridized carbons (Fsp3) is 0.167. The van der Waals surface area contributed by atoms with Crippen LogP contribution in [0.2, 0.25) is 0 Å². The van der Waals surface area contributed by atoms with Crippen molar-refractivity contribution in [3.05, 3.63) is 46.4 Å². The standard InChI is InChI=1S/C12H12N6O3/c1-2-13-10-6-8(9(7-16-10)18(20)21)11(19)17-12-14-4-3-5-15-12/h3-7H,2H2,1H3,(H,13,16)(H,14,15,17,19). The van der Waals surface area contributed by atoms with Crippen LogP contribution < -0.4 is 10.6 Å². The highest BCUT2D eigenvalue weighted by molar-refractivity contribution is 6.06. The van der Waals surface area contributed by atoms with Gasteiger partial charge in [0.25, 0.3) is 11.6 Å². The van der Waals surface area contributed by atoms with E-state index in [1.807, 2.05) is 6.92 Å². The Hall–Kier alpha value is -3.10. The summed E-state index contributed by atoms with van der Waals surface area (Å²) in [7, 11) is 0. The molecular formula is C12H12N6O3. The van der Waals surface area contributed by atoms with Gasteiger partial charge in [-0.15, -0.1) is 0 Å². The van der Waals surface area contributed by atoms with E-state index >= 15 is 0 Å². The van der Waals surface area contributed by atoms with Crippen LogP contribution in [0, 0.1) is 10.1 Å². The molecule has 0 atom stereocenters. The van der Waals surface area contributed by atoms with Crippen LogP contribution in [-0.4, -0.2) is 32.3 Å². The summed E-state index contributed by atoms with van der Waals surface area (Å²) in [6.07, 6.45) is 3.94. The van der Waals surface area contributed by atoms with Crippen LogP contribution in [0.4, 0.5) is 17.5 Å². The average molecular weight is 288 g/mol. The number of nitrogens with zero attached hydrogens (tertiary/aromatic N) is 4. The van der Waals surface area contributed by atoms with Gasteiger partial charge >= 0.3 is 0 Å². The fourth-order valence-corrected chi connectivity index (χ4v) is 1.59. The van der Waals surface area contributed by atoms with Gasteiger partial charge < -0.3 is 5.32 Å². The molecule has 9 nitrogen and oxygen atoms in total. The van der Waals surface area contributed by atoms with Crippen LogP contribution in [0.15, 0.2) is 30.7 Å². The van der Waals surface area contributed by atoms with Gasteiger partial charge in [-0.1, -0.05) is 0 Å². The summed E-state index contributed by atoms with van der Waals surface area (Å²) in [5, 5.41) is 16.3. The van der Waals surface area contributed by atoms with Gasteiger partial charge in [-0.2, -0.15) is 0 Å². The molecule has 0 spiro atoms. The van der Waals surface area contributed by atoms with Gasteiger partial charge in [0.1, 0.15) is 17.6 Å². The Morgan fingerprint density at radius 2 is 2.05 bits per heavy atom. The number of anilines is 2. The molecule has 9 heteroatoms. The third kappa shape index (κ3) is 3.47. The molecule has 0 aliphatic carbocycles. The molecule has 2 aromatic rings. The van der Waals surface area contributed by atoms with Gasteiger partial charge in [-0.25, -0.2) is 15.0 Å². The van der Waals surface area contributed by atoms with E-state index in [1.54, 1.807) is 6.07 Å². The first kappa shape index (κ1) is 14.3. The molecule has 2 aromatic heterocycles. The van der Waals surface area contributed by atoms with Crippen LogP contribution in [0.1, 0.15) is 17.3 Å². The topological polar surface area (TPSA) is 123 Å². The lowest BCUT2D eigenvalue weighted by molar-refractivity contribution is -0.385. The zero-order valence-electron chi connectivity index (χ0n) is 11.1. The highest BCUT2D eigenvalue weighted by Gasteiger charge is 2.22. The Balaban J connectivity index is 2.33. The second kappa shape index (κ2) is 6.37. The maximum Gasteiger partial charge on any atom is 0.300 e. The van der Waals surface area contributed by atoms with Crippen LogP contribution in [0.5, 0.6) is 0 Å². The Morgan fingerprint density at radius 1 is 1.33 bits per heavy atom. The minimum absolute atomic E-state index is 0.0682. The molecule has 2 N–H and O–H groups in total. The van der Waals surface area contributed by atoms with Crippen molar-refractivity contribution in [1.82, 2.24) is 15.0 Å². The fourth-order valence-electron chi connectivity index (χ4n) is 1.59. The number of carbonyl (C=O) groups is 1. The van der Waals surface area contributed by atoms with E-state index in [9.17, 15) is 14.9 Å². The Kier molecular flexibility index (Phi) is 4.34. The molecule has 21 heavy (non-hydrogen) atoms. The molecule has 0 unspecified atom stereocenters. The summed E-state index contributed by atoms with van der Waals surface area (Å²) in [6, 6.07) is 2.91. The quantitative estimate of drug-likeness (QED) is 0.630. The summed E-state index contributed by atoms with van der Waals surface area (Å²) in [4.78, 5) is 34.0. The summed E-state index contributed by atoms with van der Waals surface area (Å²) in [6.45, 7) is 2.42. The van der Waals surface area contributed by atoms with E-state index in [4.69, 9.17) is 0 Å². The molecule has 108 valence electrons. The van der Waals surface area contributed by atoms with Crippen molar-refractivity contribution in [1.29, 1.82) is 0 Å². The Morgan fingerprint density at radius 3 is 2.67 bits per heavy atom. The number of carbonyl (C=O) groups excluding carboxylic acids is 1. The Labute approximate surface area is 119 Å². The normalized spacial score (nSPS) is 9.95. The summed E-state index contributed by atoms with van der Waals surface area (Å²) >= 11 is 0. The van der Waals surface area contributed by atoms with E-state index in [1.165, 1.54) is 18.5 Å². The molecule has 0 saturated carbocycles. The first-order valence-corrected chi connectivity index (χ1v) is 6.08. The maximum absolute atomic E-state index is 12.1. The molecule has 0 aromatic carbocycles. The van der Waals surface area contributed by atoms with Gasteiger partial charge in [0, 0.05) is 25.0 Å². The van der Waals surface area contributed by atoms with Gasteiger partial charge in [0.2, 0.25) is 5.95 Å². The monoisotopic (exact) mass is 288 g/mol. The smallest absolute Gasteiger partial charge is 0.300 e. The number of hydrogen-bond donors (Lipinski definition) is 2. The van der Waals surface area contributed by atoms with Gasteiger partial charge in [-0.3, -0.25) is 20.2 Å². The largest absolute Gasteiger partial charge is 0.370 e. The lowest BCUT2D eigenvalue weighted by atomic mass is 10.2. The predicted octanol–water partition coefficient (Wildman–Crippen LogP) is 1.46. The predicted molar refractivity (Wildman–Crippen MR) is 75.0 cm³/mol. The first-order valence-electron chi connectivity index (χ1n) is 6.08. The Bertz CT molecular complexity index is 661. The molecule has 2 heterocycles. The average Bonchev–Trinajstić information content (AvgIpc) is 2.48. The second-order valence-corrected chi connectivity index (χ2v) is 3.90. The molecule has 0 aliphatic rings. The number of hydrogen-bond acceptors (Lipinski definition) is 7. The number of rotatable bonds is 5. The van der Waals surface area contributed by atoms with Crippen molar-refractivity contribution < 1.29 is 9.72 Å². The third-order valence-electron chi connectivity index (χ3n) is 2.47. The molecule has 1 amide bonds. The highest BCUT2D eigenvalue weighted by Crippen LogP contribution is 2.21. The van der Waals surface area contributed by atoms with Crippen molar-refractivity contribution in [2.45, 2.75) is 6.92 Å². The highest BCUT2D eigenvalue weighted by atomic mass is 16.6. The van der Waals surface area contributed by atoms with E-state index in [0.29, 0.717) is 12.4 Å². The molecule has 0 radical (unpaired) electrons. The molecule has 0 aliphatic heterocycles. The van der Waals surface area contributed by atoms with Crippen molar-refractivity contribution in [2.75, 3.05) is 17.2 Å². The van der Waals surface area contributed by atoms with E-state index < -0.39 is 10.8 Å². The summed E-state index contributed by atoms with van der Waals surface area (Å²) in [5.41, 5.74) is -0.497. The number of amides is 1. The number of nitro groups is 1. The lowest BCUT2D eigenvalue weighted by Crippen LogP contribution is -2.16. The van der Waals surface area contributed by atoms with E-state index in [0.717, 1.165) is 6.20 Å². The zero-order chi connectivity index (χ0) is 15.2. The summed E-state index contributed by atoms with van der Waals surface area (Å²) < 4.78 is 0. The van der Waals surface area contributed by atoms with Crippen LogP contribution in [0.3, 0.4) is 0 Å². The molecule has 0 saturated heterocycles. The number of nitrogens with one attached hydrogen (secondary N) is 2. The molecular weight excluding hydrogens is 276 g/mol. The van der Waals surface area contributed by atoms with Crippen molar-refractivity contribution >= 4 is 23.4 Å². The molecule has 2 rings (SSSR count). The minimum Gasteiger partial charge on any atom is -0.370 e. The van der Waals surface area contributed by atoms with Crippen LogP contribution in [-0.2, 0) is 0 Å². The zero-order valence-corrected chi connectivity index (χ0v) is 11.1. The van der Waals surface area contributed by atoms with Crippen LogP contribution in [0.25, 0.3) is 0 Å². The number of pyridine rings is 1. The maximum atomic E-state index is 12.1. The van der Waals surface area contributed by atoms with Crippen molar-refractivity contribution in [3.8, 4) is 0 Å². The van der Waals surface area contributed by atoms with Gasteiger partial charge in [0.05, 0.1) is 4.92 Å². The minimum atomic E-state index is -0.672. The van der Waals surface area contributed by atoms with E-state index in [2.05, 4.69) is 25.6 Å². The second-order valence-electron chi connectivity index (χ2n) is 3.90. The van der Waals surface area contributed by atoms with Crippen molar-refractivity contribution in [3.63, 3.8) is 0 Å². The SMILES string of the molecule is CCNc1cc(C(=O)Nc2ncccn2)c([N+](=O)[O-])cn1.